The molecular weight excluding hydrogens is 466 g/mol. The van der Waals surface area contributed by atoms with Gasteiger partial charge in [-0.15, -0.1) is 0 Å². The van der Waals surface area contributed by atoms with E-state index in [9.17, 15) is 9.90 Å². The van der Waals surface area contributed by atoms with E-state index in [0.717, 1.165) is 36.6 Å². The number of hydrogen-bond donors (Lipinski definition) is 4. The minimum absolute atomic E-state index is 0.0492. The van der Waals surface area contributed by atoms with E-state index < -0.39 is 0 Å². The largest absolute Gasteiger partial charge is 0.506 e. The third kappa shape index (κ3) is 5.66. The zero-order chi connectivity index (χ0) is 24.3. The van der Waals surface area contributed by atoms with Crippen molar-refractivity contribution < 1.29 is 19.7 Å². The molecule has 1 aromatic heterocycles. The highest BCUT2D eigenvalue weighted by molar-refractivity contribution is 7.97. The fraction of sp³-hybridized carbons (Fsp3) is 0.520. The minimum atomic E-state index is -0.224. The molecule has 3 fully saturated rings. The van der Waals surface area contributed by atoms with E-state index in [2.05, 4.69) is 24.8 Å². The van der Waals surface area contributed by atoms with Gasteiger partial charge in [0.2, 0.25) is 0 Å². The van der Waals surface area contributed by atoms with Crippen LogP contribution in [0.3, 0.4) is 0 Å². The van der Waals surface area contributed by atoms with Gasteiger partial charge in [0.25, 0.3) is 5.91 Å². The lowest BCUT2D eigenvalue weighted by Crippen LogP contribution is -2.36. The summed E-state index contributed by atoms with van der Waals surface area (Å²) in [5, 5.41) is 23.2. The van der Waals surface area contributed by atoms with Gasteiger partial charge in [-0.05, 0) is 67.3 Å². The zero-order valence-corrected chi connectivity index (χ0v) is 20.6. The van der Waals surface area contributed by atoms with Gasteiger partial charge < -0.3 is 30.1 Å². The van der Waals surface area contributed by atoms with Crippen molar-refractivity contribution in [2.45, 2.75) is 30.7 Å². The molecule has 0 atom stereocenters. The van der Waals surface area contributed by atoms with E-state index >= 15 is 0 Å². The SMILES string of the molecule is O=C(Nc1ccc(O)c(N2CCOCC2)c1)c1cnc(SNCCO)cc1N1CCC2(CC1)CC2. The molecule has 188 valence electrons. The van der Waals surface area contributed by atoms with Crippen LogP contribution in [0.15, 0.2) is 35.5 Å². The molecule has 0 radical (unpaired) electrons. The van der Waals surface area contributed by atoms with Gasteiger partial charge in [-0.2, -0.15) is 0 Å². The van der Waals surface area contributed by atoms with Crippen LogP contribution < -0.4 is 19.8 Å². The monoisotopic (exact) mass is 499 g/mol. The van der Waals surface area contributed by atoms with E-state index in [4.69, 9.17) is 9.84 Å². The van der Waals surface area contributed by atoms with E-state index in [1.807, 2.05) is 12.1 Å². The number of phenols is 1. The number of morpholine rings is 1. The molecule has 1 amide bonds. The quantitative estimate of drug-likeness (QED) is 0.248. The number of aromatic hydroxyl groups is 1. The number of aromatic nitrogens is 1. The fourth-order valence-corrected chi connectivity index (χ4v) is 5.46. The number of benzene rings is 1. The first-order valence-corrected chi connectivity index (χ1v) is 13.1. The lowest BCUT2D eigenvalue weighted by Gasteiger charge is -2.35. The number of piperidine rings is 1. The predicted molar refractivity (Wildman–Crippen MR) is 137 cm³/mol. The molecule has 3 aliphatic rings. The van der Waals surface area contributed by atoms with Crippen LogP contribution in [0, 0.1) is 5.41 Å². The first-order chi connectivity index (χ1) is 17.1. The number of amides is 1. The Labute approximate surface area is 210 Å². The van der Waals surface area contributed by atoms with Crippen LogP contribution in [0.4, 0.5) is 17.1 Å². The van der Waals surface area contributed by atoms with E-state index in [1.165, 1.54) is 24.8 Å². The number of carbonyl (C=O) groups excluding carboxylic acids is 1. The Morgan fingerprint density at radius 2 is 1.80 bits per heavy atom. The fourth-order valence-electron chi connectivity index (χ4n) is 4.85. The number of pyridine rings is 1. The van der Waals surface area contributed by atoms with Crippen LogP contribution in [-0.2, 0) is 4.74 Å². The molecule has 2 aromatic rings. The molecule has 1 spiro atoms. The summed E-state index contributed by atoms with van der Waals surface area (Å²) in [6.45, 7) is 4.98. The molecule has 4 N–H and O–H groups in total. The molecule has 9 nitrogen and oxygen atoms in total. The number of aliphatic hydroxyl groups excluding tert-OH is 1. The highest BCUT2D eigenvalue weighted by Crippen LogP contribution is 2.54. The van der Waals surface area contributed by atoms with Crippen molar-refractivity contribution in [1.29, 1.82) is 0 Å². The Bertz CT molecular complexity index is 1050. The third-order valence-corrected chi connectivity index (χ3v) is 7.98. The molecule has 1 aliphatic carbocycles. The lowest BCUT2D eigenvalue weighted by atomic mass is 9.93. The molecule has 5 rings (SSSR count). The van der Waals surface area contributed by atoms with Crippen LogP contribution >= 0.6 is 11.9 Å². The normalized spacial score (nSPS) is 19.1. The zero-order valence-electron chi connectivity index (χ0n) is 19.8. The van der Waals surface area contributed by atoms with Crippen LogP contribution in [0.25, 0.3) is 0 Å². The summed E-state index contributed by atoms with van der Waals surface area (Å²) in [5.74, 6) is -0.0379. The van der Waals surface area contributed by atoms with Crippen molar-refractivity contribution in [1.82, 2.24) is 9.71 Å². The maximum absolute atomic E-state index is 13.4. The lowest BCUT2D eigenvalue weighted by molar-refractivity contribution is 0.102. The van der Waals surface area contributed by atoms with Crippen molar-refractivity contribution >= 4 is 34.9 Å². The number of carbonyl (C=O) groups is 1. The second-order valence-electron chi connectivity index (χ2n) is 9.50. The van der Waals surface area contributed by atoms with E-state index in [1.54, 1.807) is 18.3 Å². The molecule has 35 heavy (non-hydrogen) atoms. The van der Waals surface area contributed by atoms with Gasteiger partial charge in [0.1, 0.15) is 10.8 Å². The highest BCUT2D eigenvalue weighted by atomic mass is 32.2. The maximum Gasteiger partial charge on any atom is 0.259 e. The average Bonchev–Trinajstić information content (AvgIpc) is 3.65. The average molecular weight is 500 g/mol. The number of rotatable bonds is 8. The molecule has 0 bridgehead atoms. The summed E-state index contributed by atoms with van der Waals surface area (Å²) in [4.78, 5) is 22.3. The number of nitrogens with one attached hydrogen (secondary N) is 2. The minimum Gasteiger partial charge on any atom is -0.506 e. The van der Waals surface area contributed by atoms with E-state index in [0.29, 0.717) is 55.2 Å². The number of nitrogens with zero attached hydrogens (tertiary/aromatic N) is 3. The number of hydrogen-bond acceptors (Lipinski definition) is 9. The summed E-state index contributed by atoms with van der Waals surface area (Å²) in [5.41, 5.74) is 3.27. The van der Waals surface area contributed by atoms with Gasteiger partial charge in [0, 0.05) is 44.6 Å². The molecule has 3 heterocycles. The van der Waals surface area contributed by atoms with Crippen LogP contribution in [0.2, 0.25) is 0 Å². The Hall–Kier alpha value is -2.53. The summed E-state index contributed by atoms with van der Waals surface area (Å²) in [7, 11) is 0. The standard InChI is InChI=1S/C25H33N5O4S/c31-12-7-27-35-23-16-20(29-8-5-25(3-4-25)6-9-29)19(17-26-23)24(33)28-18-1-2-22(32)21(15-18)30-10-13-34-14-11-30/h1-2,15-17,27,31-32H,3-14H2,(H,28,33). The van der Waals surface area contributed by atoms with Crippen LogP contribution in [0.1, 0.15) is 36.0 Å². The Balaban J connectivity index is 1.36. The smallest absolute Gasteiger partial charge is 0.259 e. The number of anilines is 3. The molecular formula is C25H33N5O4S. The second-order valence-corrected chi connectivity index (χ2v) is 10.4. The molecule has 10 heteroatoms. The summed E-state index contributed by atoms with van der Waals surface area (Å²) in [6, 6.07) is 7.11. The van der Waals surface area contributed by atoms with Crippen molar-refractivity contribution in [3.05, 3.63) is 36.0 Å². The molecule has 2 saturated heterocycles. The first-order valence-electron chi connectivity index (χ1n) is 12.3. The van der Waals surface area contributed by atoms with Gasteiger partial charge in [-0.3, -0.25) is 9.52 Å². The van der Waals surface area contributed by atoms with Crippen LogP contribution in [-0.4, -0.2) is 73.6 Å². The second kappa shape index (κ2) is 10.6. The Morgan fingerprint density at radius 3 is 2.51 bits per heavy atom. The number of phenolic OH excluding ortho intramolecular Hbond substituents is 1. The molecule has 0 unspecified atom stereocenters. The predicted octanol–water partition coefficient (Wildman–Crippen LogP) is 2.85. The summed E-state index contributed by atoms with van der Waals surface area (Å²) >= 11 is 1.36. The van der Waals surface area contributed by atoms with Crippen molar-refractivity contribution in [2.24, 2.45) is 5.41 Å². The Morgan fingerprint density at radius 1 is 1.06 bits per heavy atom. The topological polar surface area (TPSA) is 110 Å². The molecule has 1 aromatic carbocycles. The number of aliphatic hydroxyl groups is 1. The van der Waals surface area contributed by atoms with Gasteiger partial charge in [0.15, 0.2) is 0 Å². The summed E-state index contributed by atoms with van der Waals surface area (Å²) in [6.07, 6.45) is 6.59. The first kappa shape index (κ1) is 24.2. The van der Waals surface area contributed by atoms with Crippen LogP contribution in [0.5, 0.6) is 5.75 Å². The van der Waals surface area contributed by atoms with Crippen molar-refractivity contribution in [3.63, 3.8) is 0 Å². The van der Waals surface area contributed by atoms with Gasteiger partial charge in [-0.25, -0.2) is 4.98 Å². The maximum atomic E-state index is 13.4. The highest BCUT2D eigenvalue weighted by Gasteiger charge is 2.44. The molecule has 2 aliphatic heterocycles. The van der Waals surface area contributed by atoms with Gasteiger partial charge in [0.05, 0.1) is 36.8 Å². The molecule has 1 saturated carbocycles. The Kier molecular flexibility index (Phi) is 7.33. The van der Waals surface area contributed by atoms with Gasteiger partial charge in [-0.1, -0.05) is 0 Å². The van der Waals surface area contributed by atoms with E-state index in [-0.39, 0.29) is 18.3 Å². The summed E-state index contributed by atoms with van der Waals surface area (Å²) < 4.78 is 8.50. The van der Waals surface area contributed by atoms with Gasteiger partial charge >= 0.3 is 0 Å². The third-order valence-electron chi connectivity index (χ3n) is 7.20. The van der Waals surface area contributed by atoms with Crippen molar-refractivity contribution in [2.75, 3.05) is 67.7 Å². The number of ether oxygens (including phenoxy) is 1. The van der Waals surface area contributed by atoms with Crippen molar-refractivity contribution in [3.8, 4) is 5.75 Å².